The molecule has 1 atom stereocenters. The standard InChI is InChI=1S/C16H31NS/c1-2-10-17-16(15-6-4-3-5-7-15)13-14-8-11-18-12-9-14/h14-17H,2-13H2,1H3. The van der Waals surface area contributed by atoms with Crippen molar-refractivity contribution in [3.8, 4) is 0 Å². The van der Waals surface area contributed by atoms with Crippen molar-refractivity contribution in [1.82, 2.24) is 5.32 Å². The average Bonchev–Trinajstić information content (AvgIpc) is 2.45. The maximum absolute atomic E-state index is 3.88. The molecule has 2 fully saturated rings. The molecule has 1 nitrogen and oxygen atoms in total. The predicted octanol–water partition coefficient (Wildman–Crippen LogP) is 4.47. The van der Waals surface area contributed by atoms with Gasteiger partial charge in [0, 0.05) is 6.04 Å². The fraction of sp³-hybridized carbons (Fsp3) is 1.00. The highest BCUT2D eigenvalue weighted by Gasteiger charge is 2.26. The van der Waals surface area contributed by atoms with Gasteiger partial charge >= 0.3 is 0 Å². The van der Waals surface area contributed by atoms with Crippen LogP contribution in [0.1, 0.15) is 64.7 Å². The van der Waals surface area contributed by atoms with Gasteiger partial charge in [0.2, 0.25) is 0 Å². The van der Waals surface area contributed by atoms with Crippen molar-refractivity contribution in [1.29, 1.82) is 0 Å². The van der Waals surface area contributed by atoms with Crippen LogP contribution in [-0.4, -0.2) is 24.1 Å². The maximum Gasteiger partial charge on any atom is 0.00979 e. The van der Waals surface area contributed by atoms with Crippen LogP contribution in [-0.2, 0) is 0 Å². The smallest absolute Gasteiger partial charge is 0.00979 e. The topological polar surface area (TPSA) is 12.0 Å². The molecule has 1 aliphatic heterocycles. The predicted molar refractivity (Wildman–Crippen MR) is 83.3 cm³/mol. The second kappa shape index (κ2) is 8.47. The Kier molecular flexibility index (Phi) is 6.93. The Bertz CT molecular complexity index is 207. The molecule has 2 aliphatic rings. The summed E-state index contributed by atoms with van der Waals surface area (Å²) in [6, 6.07) is 0.832. The molecule has 18 heavy (non-hydrogen) atoms. The van der Waals surface area contributed by atoms with Gasteiger partial charge in [-0.3, -0.25) is 0 Å². The van der Waals surface area contributed by atoms with Gasteiger partial charge < -0.3 is 5.32 Å². The molecule has 106 valence electrons. The van der Waals surface area contributed by atoms with E-state index in [9.17, 15) is 0 Å². The summed E-state index contributed by atoms with van der Waals surface area (Å²) >= 11 is 2.16. The van der Waals surface area contributed by atoms with E-state index in [0.717, 1.165) is 17.9 Å². The van der Waals surface area contributed by atoms with Crippen LogP contribution in [0.5, 0.6) is 0 Å². The van der Waals surface area contributed by atoms with Crippen LogP contribution < -0.4 is 5.32 Å². The highest BCUT2D eigenvalue weighted by Crippen LogP contribution is 2.33. The summed E-state index contributed by atoms with van der Waals surface area (Å²) < 4.78 is 0. The molecule has 2 heteroatoms. The highest BCUT2D eigenvalue weighted by atomic mass is 32.2. The molecule has 0 amide bonds. The van der Waals surface area contributed by atoms with Crippen LogP contribution in [0.25, 0.3) is 0 Å². The van der Waals surface area contributed by atoms with E-state index in [1.807, 2.05) is 0 Å². The minimum atomic E-state index is 0.832. The quantitative estimate of drug-likeness (QED) is 0.763. The summed E-state index contributed by atoms with van der Waals surface area (Å²) in [5.74, 6) is 4.83. The number of thioether (sulfide) groups is 1. The average molecular weight is 269 g/mol. The third-order valence-electron chi connectivity index (χ3n) is 4.80. The molecule has 1 heterocycles. The van der Waals surface area contributed by atoms with Gasteiger partial charge in [-0.2, -0.15) is 11.8 Å². The van der Waals surface area contributed by atoms with E-state index in [1.54, 1.807) is 0 Å². The van der Waals surface area contributed by atoms with Gasteiger partial charge in [0.05, 0.1) is 0 Å². The second-order valence-electron chi connectivity index (χ2n) is 6.25. The Balaban J connectivity index is 1.82. The van der Waals surface area contributed by atoms with E-state index in [2.05, 4.69) is 24.0 Å². The number of hydrogen-bond acceptors (Lipinski definition) is 2. The summed E-state index contributed by atoms with van der Waals surface area (Å²) in [5.41, 5.74) is 0. The molecule has 2 rings (SSSR count). The summed E-state index contributed by atoms with van der Waals surface area (Å²) in [7, 11) is 0. The van der Waals surface area contributed by atoms with Crippen LogP contribution in [0.4, 0.5) is 0 Å². The van der Waals surface area contributed by atoms with Gasteiger partial charge in [0.1, 0.15) is 0 Å². The maximum atomic E-state index is 3.88. The van der Waals surface area contributed by atoms with E-state index in [-0.39, 0.29) is 0 Å². The molecule has 1 aliphatic carbocycles. The molecule has 0 bridgehead atoms. The molecule has 1 N–H and O–H groups in total. The van der Waals surface area contributed by atoms with Crippen LogP contribution >= 0.6 is 11.8 Å². The first kappa shape index (κ1) is 14.7. The Morgan fingerprint density at radius 1 is 1.06 bits per heavy atom. The number of rotatable bonds is 6. The lowest BCUT2D eigenvalue weighted by molar-refractivity contribution is 0.229. The van der Waals surface area contributed by atoms with Crippen LogP contribution in [0.2, 0.25) is 0 Å². The fourth-order valence-corrected chi connectivity index (χ4v) is 4.85. The SMILES string of the molecule is CCCNC(CC1CCSCC1)C1CCCCC1. The van der Waals surface area contributed by atoms with Gasteiger partial charge in [-0.25, -0.2) is 0 Å². The van der Waals surface area contributed by atoms with Gasteiger partial charge in [-0.05, 0) is 68.4 Å². The first-order chi connectivity index (χ1) is 8.90. The van der Waals surface area contributed by atoms with Crippen molar-refractivity contribution in [2.75, 3.05) is 18.1 Å². The lowest BCUT2D eigenvalue weighted by atomic mass is 9.79. The molecular formula is C16H31NS. The number of nitrogens with one attached hydrogen (secondary N) is 1. The Labute approximate surface area is 118 Å². The van der Waals surface area contributed by atoms with Crippen LogP contribution in [0.15, 0.2) is 0 Å². The molecule has 0 spiro atoms. The summed E-state index contributed by atoms with van der Waals surface area (Å²) in [6.07, 6.45) is 13.1. The largest absolute Gasteiger partial charge is 0.314 e. The molecule has 0 radical (unpaired) electrons. The minimum absolute atomic E-state index is 0.832. The summed E-state index contributed by atoms with van der Waals surface area (Å²) in [6.45, 7) is 3.52. The van der Waals surface area contributed by atoms with Crippen molar-refractivity contribution in [3.05, 3.63) is 0 Å². The van der Waals surface area contributed by atoms with Crippen molar-refractivity contribution < 1.29 is 0 Å². The lowest BCUT2D eigenvalue weighted by Crippen LogP contribution is -2.39. The van der Waals surface area contributed by atoms with Gasteiger partial charge in [0.15, 0.2) is 0 Å². The Hall–Kier alpha value is 0.310. The van der Waals surface area contributed by atoms with Gasteiger partial charge in [-0.1, -0.05) is 26.2 Å². The lowest BCUT2D eigenvalue weighted by Gasteiger charge is -2.34. The summed E-state index contributed by atoms with van der Waals surface area (Å²) in [5, 5.41) is 3.88. The van der Waals surface area contributed by atoms with E-state index in [4.69, 9.17) is 0 Å². The molecule has 0 aromatic rings. The second-order valence-corrected chi connectivity index (χ2v) is 7.47. The minimum Gasteiger partial charge on any atom is -0.314 e. The fourth-order valence-electron chi connectivity index (χ4n) is 3.65. The highest BCUT2D eigenvalue weighted by molar-refractivity contribution is 7.99. The van der Waals surface area contributed by atoms with Crippen LogP contribution in [0.3, 0.4) is 0 Å². The van der Waals surface area contributed by atoms with Crippen molar-refractivity contribution in [2.24, 2.45) is 11.8 Å². The monoisotopic (exact) mass is 269 g/mol. The van der Waals surface area contributed by atoms with Crippen molar-refractivity contribution >= 4 is 11.8 Å². The zero-order valence-electron chi connectivity index (χ0n) is 12.1. The molecule has 1 saturated carbocycles. The van der Waals surface area contributed by atoms with Crippen LogP contribution in [0, 0.1) is 11.8 Å². The molecule has 1 unspecified atom stereocenters. The molecule has 0 aromatic heterocycles. The Morgan fingerprint density at radius 3 is 2.44 bits per heavy atom. The zero-order valence-corrected chi connectivity index (χ0v) is 12.9. The molecule has 0 aromatic carbocycles. The van der Waals surface area contributed by atoms with E-state index in [1.165, 1.54) is 75.8 Å². The summed E-state index contributed by atoms with van der Waals surface area (Å²) in [4.78, 5) is 0. The zero-order chi connectivity index (χ0) is 12.6. The van der Waals surface area contributed by atoms with Gasteiger partial charge in [-0.15, -0.1) is 0 Å². The Morgan fingerprint density at radius 2 is 1.78 bits per heavy atom. The van der Waals surface area contributed by atoms with Gasteiger partial charge in [0.25, 0.3) is 0 Å². The van der Waals surface area contributed by atoms with Crippen molar-refractivity contribution in [2.45, 2.75) is 70.8 Å². The van der Waals surface area contributed by atoms with E-state index < -0.39 is 0 Å². The van der Waals surface area contributed by atoms with E-state index in [0.29, 0.717) is 0 Å². The first-order valence-electron chi connectivity index (χ1n) is 8.21. The van der Waals surface area contributed by atoms with Crippen molar-refractivity contribution in [3.63, 3.8) is 0 Å². The first-order valence-corrected chi connectivity index (χ1v) is 9.36. The number of hydrogen-bond donors (Lipinski definition) is 1. The molecular weight excluding hydrogens is 238 g/mol. The third kappa shape index (κ3) is 4.77. The molecule has 1 saturated heterocycles. The normalized spacial score (nSPS) is 25.2. The van der Waals surface area contributed by atoms with E-state index >= 15 is 0 Å². The third-order valence-corrected chi connectivity index (χ3v) is 5.85.